The van der Waals surface area contributed by atoms with E-state index >= 15 is 0 Å². The van der Waals surface area contributed by atoms with Gasteiger partial charge in [0, 0.05) is 4.90 Å². The Morgan fingerprint density at radius 3 is 3.00 bits per heavy atom. The van der Waals surface area contributed by atoms with E-state index in [9.17, 15) is 5.21 Å². The Kier molecular flexibility index (Phi) is 1.40. The molecule has 1 aromatic rings. The molecule has 0 bridgehead atoms. The van der Waals surface area contributed by atoms with Gasteiger partial charge in [0.15, 0.2) is 5.76 Å². The molecule has 0 saturated carbocycles. The molecule has 1 N–H and O–H groups in total. The summed E-state index contributed by atoms with van der Waals surface area (Å²) in [7, 11) is 0. The summed E-state index contributed by atoms with van der Waals surface area (Å²) in [6, 6.07) is 3.18. The minimum absolute atomic E-state index is 0.307. The Labute approximate surface area is 51.2 Å². The number of hydrogen-bond acceptors (Lipinski definition) is 3. The molecule has 0 amide bonds. The third-order valence-electron chi connectivity index (χ3n) is 0.781. The van der Waals surface area contributed by atoms with Crippen molar-refractivity contribution in [1.29, 1.82) is 0 Å². The zero-order valence-electron chi connectivity index (χ0n) is 4.52. The zero-order valence-corrected chi connectivity index (χ0v) is 4.52. The fourth-order valence-electron chi connectivity index (χ4n) is 0.474. The van der Waals surface area contributed by atoms with Gasteiger partial charge in [0.1, 0.15) is 0 Å². The summed E-state index contributed by atoms with van der Waals surface area (Å²) in [6.07, 6.45) is 2.33. The van der Waals surface area contributed by atoms with E-state index in [2.05, 4.69) is 4.42 Å². The SMILES string of the molecule is [O-][N+](O)=Cc1ccco1. The topological polar surface area (TPSA) is 59.4 Å². The van der Waals surface area contributed by atoms with Gasteiger partial charge in [0.2, 0.25) is 0 Å². The van der Waals surface area contributed by atoms with Crippen molar-refractivity contribution in [3.8, 4) is 0 Å². The molecule has 0 aromatic carbocycles. The Bertz CT molecular complexity index is 198. The number of hydrogen-bond donors (Lipinski definition) is 1. The second kappa shape index (κ2) is 2.21. The predicted octanol–water partition coefficient (Wildman–Crippen LogP) is 0.598. The molecule has 1 rings (SSSR count). The van der Waals surface area contributed by atoms with Gasteiger partial charge >= 0.3 is 0 Å². The van der Waals surface area contributed by atoms with Crippen LogP contribution in [0.4, 0.5) is 0 Å². The minimum atomic E-state index is -0.307. The third-order valence-corrected chi connectivity index (χ3v) is 0.781. The van der Waals surface area contributed by atoms with Crippen molar-refractivity contribution in [2.75, 3.05) is 0 Å². The molecule has 0 aliphatic carbocycles. The lowest BCUT2D eigenvalue weighted by atomic mass is 10.5. The molecule has 0 spiro atoms. The van der Waals surface area contributed by atoms with Gasteiger partial charge in [-0.1, -0.05) is 0 Å². The summed E-state index contributed by atoms with van der Waals surface area (Å²) in [6.45, 7) is 0. The summed E-state index contributed by atoms with van der Waals surface area (Å²) in [5.74, 6) is 0.326. The highest BCUT2D eigenvalue weighted by molar-refractivity contribution is 5.70. The van der Waals surface area contributed by atoms with Crippen molar-refractivity contribution >= 4 is 6.21 Å². The van der Waals surface area contributed by atoms with Gasteiger partial charge in [-0.05, 0) is 12.1 Å². The summed E-state index contributed by atoms with van der Waals surface area (Å²) in [5, 5.41) is 18.0. The molecule has 4 nitrogen and oxygen atoms in total. The van der Waals surface area contributed by atoms with Crippen LogP contribution >= 0.6 is 0 Å². The molecular weight excluding hydrogens is 122 g/mol. The summed E-state index contributed by atoms with van der Waals surface area (Å²) < 4.78 is 4.69. The molecular formula is C5H5NO3. The molecule has 1 heterocycles. The number of furan rings is 1. The number of rotatable bonds is 1. The molecule has 9 heavy (non-hydrogen) atoms. The van der Waals surface area contributed by atoms with Crippen molar-refractivity contribution in [2.45, 2.75) is 0 Å². The fourth-order valence-corrected chi connectivity index (χ4v) is 0.474. The molecule has 1 aromatic heterocycles. The monoisotopic (exact) mass is 127 g/mol. The molecule has 0 radical (unpaired) electrons. The molecule has 48 valence electrons. The van der Waals surface area contributed by atoms with E-state index in [1.54, 1.807) is 12.1 Å². The summed E-state index contributed by atoms with van der Waals surface area (Å²) >= 11 is 0. The second-order valence-electron chi connectivity index (χ2n) is 1.45. The van der Waals surface area contributed by atoms with Crippen molar-refractivity contribution in [3.63, 3.8) is 0 Å². The summed E-state index contributed by atoms with van der Waals surface area (Å²) in [4.78, 5) is -0.307. The molecule has 0 aliphatic rings. The van der Waals surface area contributed by atoms with Crippen molar-refractivity contribution in [3.05, 3.63) is 29.4 Å². The maximum atomic E-state index is 9.87. The van der Waals surface area contributed by atoms with E-state index in [4.69, 9.17) is 5.21 Å². The van der Waals surface area contributed by atoms with Crippen LogP contribution in [0.15, 0.2) is 22.8 Å². The molecule has 0 unspecified atom stereocenters. The van der Waals surface area contributed by atoms with E-state index in [0.29, 0.717) is 5.76 Å². The second-order valence-corrected chi connectivity index (χ2v) is 1.45. The Hall–Kier alpha value is -1.45. The van der Waals surface area contributed by atoms with E-state index in [-0.39, 0.29) is 4.90 Å². The Morgan fingerprint density at radius 1 is 1.78 bits per heavy atom. The first-order chi connectivity index (χ1) is 4.29. The molecule has 0 aliphatic heterocycles. The Balaban J connectivity index is 2.80. The fraction of sp³-hybridized carbons (Fsp3) is 0. The predicted molar refractivity (Wildman–Crippen MR) is 29.3 cm³/mol. The van der Waals surface area contributed by atoms with Gasteiger partial charge in [-0.25, -0.2) is 0 Å². The first-order valence-electron chi connectivity index (χ1n) is 2.32. The van der Waals surface area contributed by atoms with Gasteiger partial charge < -0.3 is 9.62 Å². The van der Waals surface area contributed by atoms with Crippen LogP contribution in [0, 0.1) is 5.21 Å². The van der Waals surface area contributed by atoms with Crippen LogP contribution in [0.25, 0.3) is 0 Å². The van der Waals surface area contributed by atoms with Gasteiger partial charge in [-0.15, -0.1) is 0 Å². The Morgan fingerprint density at radius 2 is 2.56 bits per heavy atom. The van der Waals surface area contributed by atoms with E-state index in [1.807, 2.05) is 0 Å². The first-order valence-corrected chi connectivity index (χ1v) is 2.32. The zero-order chi connectivity index (χ0) is 6.69. The third kappa shape index (κ3) is 1.49. The van der Waals surface area contributed by atoms with Crippen molar-refractivity contribution < 1.29 is 14.5 Å². The molecule has 0 fully saturated rings. The van der Waals surface area contributed by atoms with Crippen molar-refractivity contribution in [1.82, 2.24) is 0 Å². The van der Waals surface area contributed by atoms with Crippen LogP contribution < -0.4 is 0 Å². The molecule has 0 saturated heterocycles. The van der Waals surface area contributed by atoms with Gasteiger partial charge in [0.25, 0.3) is 6.21 Å². The summed E-state index contributed by atoms with van der Waals surface area (Å²) in [5.41, 5.74) is 0. The molecule has 4 heteroatoms. The smallest absolute Gasteiger partial charge is 0.275 e. The molecule has 0 atom stereocenters. The maximum absolute atomic E-state index is 9.87. The van der Waals surface area contributed by atoms with E-state index in [1.165, 1.54) is 6.26 Å². The van der Waals surface area contributed by atoms with Gasteiger partial charge in [-0.3, -0.25) is 5.21 Å². The highest BCUT2D eigenvalue weighted by Crippen LogP contribution is 1.93. The van der Waals surface area contributed by atoms with Gasteiger partial charge in [0.05, 0.1) is 6.26 Å². The van der Waals surface area contributed by atoms with E-state index < -0.39 is 0 Å². The highest BCUT2D eigenvalue weighted by Gasteiger charge is 1.94. The van der Waals surface area contributed by atoms with Crippen LogP contribution in [-0.4, -0.2) is 16.3 Å². The standard InChI is InChI=1S/C5H5NO3/c7-6(8)4-5-2-1-3-9-5/h1-4H,(H,7,8). The van der Waals surface area contributed by atoms with Crippen LogP contribution in [0.1, 0.15) is 5.76 Å². The average Bonchev–Trinajstić information content (AvgIpc) is 2.15. The van der Waals surface area contributed by atoms with Crippen LogP contribution in [0.2, 0.25) is 0 Å². The van der Waals surface area contributed by atoms with Crippen molar-refractivity contribution in [2.24, 2.45) is 0 Å². The largest absolute Gasteiger partial charge is 0.458 e. The van der Waals surface area contributed by atoms with Crippen LogP contribution in [0.5, 0.6) is 0 Å². The van der Waals surface area contributed by atoms with Crippen LogP contribution in [-0.2, 0) is 0 Å². The number of nitrogens with zero attached hydrogens (tertiary/aromatic N) is 1. The lowest BCUT2D eigenvalue weighted by molar-refractivity contribution is -0.722. The highest BCUT2D eigenvalue weighted by atomic mass is 16.8. The minimum Gasteiger partial charge on any atom is -0.458 e. The average molecular weight is 127 g/mol. The van der Waals surface area contributed by atoms with E-state index in [0.717, 1.165) is 6.21 Å². The van der Waals surface area contributed by atoms with Gasteiger partial charge in [-0.2, -0.15) is 0 Å². The lowest BCUT2D eigenvalue weighted by Crippen LogP contribution is -1.96. The normalized spacial score (nSPS) is 11.8. The quantitative estimate of drug-likeness (QED) is 0.260. The lowest BCUT2D eigenvalue weighted by Gasteiger charge is -1.81. The van der Waals surface area contributed by atoms with Crippen LogP contribution in [0.3, 0.4) is 0 Å². The first kappa shape index (κ1) is 5.68. The maximum Gasteiger partial charge on any atom is 0.275 e.